The standard InChI is InChI=1S/C21H25FN4O3S/c1-3-24-30(27,28)26-10-7-14(8-11-26)19-13-18-16(6-9-23-21(18)25-19)17-12-15(22)4-5-20(17)29-2/h4-6,9,12-14,24H,3,7-8,10-11H2,1-2H3,(H,23,25). The zero-order valence-electron chi connectivity index (χ0n) is 17.0. The van der Waals surface area contributed by atoms with Crippen molar-refractivity contribution in [3.8, 4) is 16.9 Å². The lowest BCUT2D eigenvalue weighted by Crippen LogP contribution is -2.44. The first-order valence-electron chi connectivity index (χ1n) is 9.99. The lowest BCUT2D eigenvalue weighted by Gasteiger charge is -2.30. The van der Waals surface area contributed by atoms with E-state index in [-0.39, 0.29) is 11.7 Å². The van der Waals surface area contributed by atoms with Crippen LogP contribution in [-0.4, -0.2) is 49.4 Å². The molecule has 0 spiro atoms. The van der Waals surface area contributed by atoms with Gasteiger partial charge in [-0.05, 0) is 48.7 Å². The van der Waals surface area contributed by atoms with E-state index in [0.717, 1.165) is 35.1 Å². The minimum atomic E-state index is -3.41. The number of hydrogen-bond acceptors (Lipinski definition) is 4. The highest BCUT2D eigenvalue weighted by atomic mass is 32.2. The fourth-order valence-corrected chi connectivity index (χ4v) is 5.31. The van der Waals surface area contributed by atoms with Crippen molar-refractivity contribution < 1.29 is 17.5 Å². The summed E-state index contributed by atoms with van der Waals surface area (Å²) in [5, 5.41) is 0.888. The summed E-state index contributed by atoms with van der Waals surface area (Å²) < 4.78 is 47.8. The molecule has 2 N–H and O–H groups in total. The molecule has 1 aliphatic rings. The Morgan fingerprint density at radius 3 is 2.70 bits per heavy atom. The van der Waals surface area contributed by atoms with E-state index in [1.807, 2.05) is 12.1 Å². The van der Waals surface area contributed by atoms with Crippen LogP contribution in [0.15, 0.2) is 36.5 Å². The molecule has 30 heavy (non-hydrogen) atoms. The lowest BCUT2D eigenvalue weighted by atomic mass is 9.94. The molecule has 160 valence electrons. The van der Waals surface area contributed by atoms with E-state index in [0.29, 0.717) is 30.9 Å². The lowest BCUT2D eigenvalue weighted by molar-refractivity contribution is 0.314. The third kappa shape index (κ3) is 3.92. The molecule has 0 radical (unpaired) electrons. The molecule has 0 atom stereocenters. The van der Waals surface area contributed by atoms with Gasteiger partial charge in [-0.1, -0.05) is 6.92 Å². The highest BCUT2D eigenvalue weighted by molar-refractivity contribution is 7.87. The van der Waals surface area contributed by atoms with Crippen molar-refractivity contribution in [1.82, 2.24) is 19.0 Å². The Labute approximate surface area is 175 Å². The fraction of sp³-hybridized carbons (Fsp3) is 0.381. The van der Waals surface area contributed by atoms with Crippen LogP contribution in [0.1, 0.15) is 31.4 Å². The summed E-state index contributed by atoms with van der Waals surface area (Å²) in [7, 11) is -1.84. The van der Waals surface area contributed by atoms with Gasteiger partial charge in [-0.25, -0.2) is 14.1 Å². The molecule has 0 unspecified atom stereocenters. The third-order valence-electron chi connectivity index (χ3n) is 5.56. The highest BCUT2D eigenvalue weighted by Crippen LogP contribution is 2.37. The van der Waals surface area contributed by atoms with Gasteiger partial charge in [0.05, 0.1) is 7.11 Å². The van der Waals surface area contributed by atoms with Gasteiger partial charge < -0.3 is 9.72 Å². The van der Waals surface area contributed by atoms with Gasteiger partial charge >= 0.3 is 0 Å². The number of piperidine rings is 1. The average molecular weight is 433 g/mol. The third-order valence-corrected chi connectivity index (χ3v) is 7.26. The van der Waals surface area contributed by atoms with Crippen molar-refractivity contribution in [3.05, 3.63) is 48.0 Å². The van der Waals surface area contributed by atoms with Gasteiger partial charge in [0, 0.05) is 48.4 Å². The second kappa shape index (κ2) is 8.33. The number of H-pyrrole nitrogens is 1. The number of benzene rings is 1. The number of pyridine rings is 1. The predicted octanol–water partition coefficient (Wildman–Crippen LogP) is 3.41. The molecule has 4 rings (SSSR count). The summed E-state index contributed by atoms with van der Waals surface area (Å²) in [6.45, 7) is 3.08. The topological polar surface area (TPSA) is 87.3 Å². The second-order valence-electron chi connectivity index (χ2n) is 7.37. The summed E-state index contributed by atoms with van der Waals surface area (Å²) in [6, 6.07) is 8.35. The van der Waals surface area contributed by atoms with Gasteiger partial charge in [0.15, 0.2) is 0 Å². The van der Waals surface area contributed by atoms with Gasteiger partial charge in [-0.3, -0.25) is 0 Å². The number of methoxy groups -OCH3 is 1. The van der Waals surface area contributed by atoms with Crippen molar-refractivity contribution in [2.75, 3.05) is 26.7 Å². The van der Waals surface area contributed by atoms with E-state index < -0.39 is 10.2 Å². The number of aromatic amines is 1. The van der Waals surface area contributed by atoms with E-state index >= 15 is 0 Å². The minimum absolute atomic E-state index is 0.203. The second-order valence-corrected chi connectivity index (χ2v) is 9.12. The molecule has 7 nitrogen and oxygen atoms in total. The maximum absolute atomic E-state index is 13.9. The Balaban J connectivity index is 1.63. The van der Waals surface area contributed by atoms with Crippen molar-refractivity contribution in [3.63, 3.8) is 0 Å². The molecule has 3 aromatic rings. The van der Waals surface area contributed by atoms with Crippen LogP contribution in [0.25, 0.3) is 22.2 Å². The van der Waals surface area contributed by atoms with E-state index in [2.05, 4.69) is 14.7 Å². The Kier molecular flexibility index (Phi) is 5.77. The first-order valence-corrected chi connectivity index (χ1v) is 11.4. The molecule has 1 fully saturated rings. The zero-order chi connectivity index (χ0) is 21.3. The van der Waals surface area contributed by atoms with Gasteiger partial charge in [-0.2, -0.15) is 12.7 Å². The van der Waals surface area contributed by atoms with Crippen LogP contribution in [-0.2, 0) is 10.2 Å². The number of nitrogens with one attached hydrogen (secondary N) is 2. The zero-order valence-corrected chi connectivity index (χ0v) is 17.8. The van der Waals surface area contributed by atoms with Crippen molar-refractivity contribution in [1.29, 1.82) is 0 Å². The number of hydrogen-bond donors (Lipinski definition) is 2. The minimum Gasteiger partial charge on any atom is -0.496 e. The van der Waals surface area contributed by atoms with Crippen LogP contribution in [0.3, 0.4) is 0 Å². The summed E-state index contributed by atoms with van der Waals surface area (Å²) in [4.78, 5) is 7.81. The summed E-state index contributed by atoms with van der Waals surface area (Å²) in [5.74, 6) is 0.462. The highest BCUT2D eigenvalue weighted by Gasteiger charge is 2.29. The molecule has 1 saturated heterocycles. The molecule has 0 aliphatic carbocycles. The van der Waals surface area contributed by atoms with Gasteiger partial charge in [-0.15, -0.1) is 0 Å². The van der Waals surface area contributed by atoms with Crippen molar-refractivity contribution >= 4 is 21.2 Å². The van der Waals surface area contributed by atoms with E-state index in [4.69, 9.17) is 4.74 Å². The van der Waals surface area contributed by atoms with Crippen LogP contribution in [0.2, 0.25) is 0 Å². The first kappa shape index (κ1) is 20.8. The van der Waals surface area contributed by atoms with Crippen molar-refractivity contribution in [2.45, 2.75) is 25.7 Å². The normalized spacial score (nSPS) is 16.2. The maximum Gasteiger partial charge on any atom is 0.279 e. The monoisotopic (exact) mass is 432 g/mol. The summed E-state index contributed by atoms with van der Waals surface area (Å²) in [6.07, 6.45) is 3.13. The molecule has 0 amide bonds. The quantitative estimate of drug-likeness (QED) is 0.625. The molecule has 2 aromatic heterocycles. The summed E-state index contributed by atoms with van der Waals surface area (Å²) in [5.41, 5.74) is 3.24. The number of aromatic nitrogens is 2. The predicted molar refractivity (Wildman–Crippen MR) is 114 cm³/mol. The first-order chi connectivity index (χ1) is 14.4. The SMILES string of the molecule is CCNS(=O)(=O)N1CCC(c2cc3c(-c4cc(F)ccc4OC)ccnc3[nH]2)CC1. The Hall–Kier alpha value is -2.49. The molecule has 1 aromatic carbocycles. The molecular formula is C21H25FN4O3S. The van der Waals surface area contributed by atoms with Crippen LogP contribution < -0.4 is 9.46 Å². The Morgan fingerprint density at radius 1 is 1.23 bits per heavy atom. The van der Waals surface area contributed by atoms with Gasteiger partial charge in [0.2, 0.25) is 0 Å². The number of halogens is 1. The molecule has 9 heteroatoms. The molecule has 1 aliphatic heterocycles. The average Bonchev–Trinajstić information content (AvgIpc) is 3.18. The van der Waals surface area contributed by atoms with E-state index in [1.54, 1.807) is 26.3 Å². The Bertz CT molecular complexity index is 1150. The van der Waals surface area contributed by atoms with E-state index in [1.165, 1.54) is 16.4 Å². The van der Waals surface area contributed by atoms with E-state index in [9.17, 15) is 12.8 Å². The van der Waals surface area contributed by atoms with Crippen molar-refractivity contribution in [2.24, 2.45) is 0 Å². The molecular weight excluding hydrogens is 407 g/mol. The number of ether oxygens (including phenoxy) is 1. The van der Waals surface area contributed by atoms with Crippen LogP contribution in [0, 0.1) is 5.82 Å². The summed E-state index contributed by atoms with van der Waals surface area (Å²) >= 11 is 0. The molecule has 0 saturated carbocycles. The smallest absolute Gasteiger partial charge is 0.279 e. The number of rotatable bonds is 6. The molecule has 3 heterocycles. The van der Waals surface area contributed by atoms with Crippen LogP contribution in [0.5, 0.6) is 5.75 Å². The fourth-order valence-electron chi connectivity index (χ4n) is 4.07. The van der Waals surface area contributed by atoms with Crippen LogP contribution in [0.4, 0.5) is 4.39 Å². The van der Waals surface area contributed by atoms with Gasteiger partial charge in [0.25, 0.3) is 10.2 Å². The number of fused-ring (bicyclic) bond motifs is 1. The number of nitrogens with zero attached hydrogens (tertiary/aromatic N) is 2. The van der Waals surface area contributed by atoms with Gasteiger partial charge in [0.1, 0.15) is 17.2 Å². The Morgan fingerprint density at radius 2 is 2.00 bits per heavy atom. The maximum atomic E-state index is 13.9. The van der Waals surface area contributed by atoms with Crippen LogP contribution >= 0.6 is 0 Å². The largest absolute Gasteiger partial charge is 0.496 e. The molecule has 0 bridgehead atoms.